The minimum atomic E-state index is -3.75. The molecule has 1 aliphatic rings. The van der Waals surface area contributed by atoms with Crippen molar-refractivity contribution in [3.8, 4) is 11.3 Å². The maximum absolute atomic E-state index is 12.9. The highest BCUT2D eigenvalue weighted by Crippen LogP contribution is 2.24. The molecule has 1 fully saturated rings. The molecule has 0 saturated carbocycles. The summed E-state index contributed by atoms with van der Waals surface area (Å²) in [5.41, 5.74) is 3.11. The number of hydrogen-bond donors (Lipinski definition) is 2. The first-order chi connectivity index (χ1) is 19.7. The molecule has 3 aromatic carbocycles. The van der Waals surface area contributed by atoms with Crippen LogP contribution in [0.5, 0.6) is 0 Å². The maximum atomic E-state index is 12.9. The van der Waals surface area contributed by atoms with Crippen LogP contribution in [0.3, 0.4) is 0 Å². The fourth-order valence-corrected chi connectivity index (χ4v) is 5.53. The molecule has 2 heterocycles. The lowest BCUT2D eigenvalue weighted by molar-refractivity contribution is -0.130. The van der Waals surface area contributed by atoms with E-state index in [0.29, 0.717) is 59.8 Å². The molecule has 1 aliphatic heterocycles. The highest BCUT2D eigenvalue weighted by Gasteiger charge is 2.23. The van der Waals surface area contributed by atoms with Gasteiger partial charge in [0.15, 0.2) is 0 Å². The lowest BCUT2D eigenvalue weighted by Crippen LogP contribution is -2.50. The summed E-state index contributed by atoms with van der Waals surface area (Å²) in [4.78, 5) is 36.9. The van der Waals surface area contributed by atoms with Gasteiger partial charge in [-0.15, -0.1) is 0 Å². The van der Waals surface area contributed by atoms with Gasteiger partial charge in [-0.1, -0.05) is 23.7 Å². The van der Waals surface area contributed by atoms with Crippen molar-refractivity contribution < 1.29 is 18.0 Å². The van der Waals surface area contributed by atoms with Gasteiger partial charge in [0, 0.05) is 66.8 Å². The first kappa shape index (κ1) is 28.1. The van der Waals surface area contributed by atoms with Crippen LogP contribution < -0.4 is 10.0 Å². The number of amides is 2. The molecule has 2 amide bonds. The molecule has 0 bridgehead atoms. The van der Waals surface area contributed by atoms with Gasteiger partial charge in [-0.3, -0.25) is 14.3 Å². The van der Waals surface area contributed by atoms with Crippen molar-refractivity contribution in [2.75, 3.05) is 36.2 Å². The molecule has 0 radical (unpaired) electrons. The molecule has 1 saturated heterocycles. The number of rotatable bonds is 7. The first-order valence-corrected chi connectivity index (χ1v) is 14.7. The zero-order valence-electron chi connectivity index (χ0n) is 22.1. The van der Waals surface area contributed by atoms with Gasteiger partial charge in [-0.05, 0) is 66.7 Å². The summed E-state index contributed by atoms with van der Waals surface area (Å²) in [5.74, 6) is 0.319. The van der Waals surface area contributed by atoms with E-state index in [1.807, 2.05) is 0 Å². The minimum Gasteiger partial charge on any atom is -0.339 e. The Morgan fingerprint density at radius 1 is 0.805 bits per heavy atom. The topological polar surface area (TPSA) is 125 Å². The molecule has 0 aliphatic carbocycles. The van der Waals surface area contributed by atoms with E-state index in [2.05, 4.69) is 20.0 Å². The van der Waals surface area contributed by atoms with Crippen molar-refractivity contribution in [3.05, 3.63) is 95.6 Å². The van der Waals surface area contributed by atoms with E-state index < -0.39 is 10.0 Å². The van der Waals surface area contributed by atoms with Crippen molar-refractivity contribution in [1.82, 2.24) is 19.8 Å². The molecule has 0 atom stereocenters. The molecule has 1 aromatic heterocycles. The summed E-state index contributed by atoms with van der Waals surface area (Å²) in [5, 5.41) is 3.61. The van der Waals surface area contributed by atoms with Gasteiger partial charge >= 0.3 is 0 Å². The summed E-state index contributed by atoms with van der Waals surface area (Å²) in [6, 6.07) is 21.6. The van der Waals surface area contributed by atoms with E-state index in [1.54, 1.807) is 70.6 Å². The van der Waals surface area contributed by atoms with Crippen molar-refractivity contribution >= 4 is 50.8 Å². The van der Waals surface area contributed by atoms with E-state index >= 15 is 0 Å². The molecule has 4 aromatic rings. The van der Waals surface area contributed by atoms with E-state index in [0.717, 1.165) is 5.56 Å². The number of piperazine rings is 1. The number of benzene rings is 3. The van der Waals surface area contributed by atoms with Crippen molar-refractivity contribution in [2.24, 2.45) is 0 Å². The SMILES string of the molecule is CC(=O)N1CCN(C(=O)c2ccc(Nc3nccc(-c4ccc(NS(=O)(=O)c5ccc(Cl)cc5)cc4)n3)cc2)CC1. The lowest BCUT2D eigenvalue weighted by Gasteiger charge is -2.34. The summed E-state index contributed by atoms with van der Waals surface area (Å²) in [7, 11) is -3.75. The van der Waals surface area contributed by atoms with Gasteiger partial charge in [0.2, 0.25) is 11.9 Å². The number of sulfonamides is 1. The van der Waals surface area contributed by atoms with Crippen molar-refractivity contribution in [2.45, 2.75) is 11.8 Å². The van der Waals surface area contributed by atoms with Crippen LogP contribution in [0.25, 0.3) is 11.3 Å². The van der Waals surface area contributed by atoms with Gasteiger partial charge in [-0.25, -0.2) is 18.4 Å². The predicted octanol–water partition coefficient (Wildman–Crippen LogP) is 4.65. The van der Waals surface area contributed by atoms with Crippen LogP contribution >= 0.6 is 11.6 Å². The largest absolute Gasteiger partial charge is 0.339 e. The smallest absolute Gasteiger partial charge is 0.261 e. The number of anilines is 3. The number of halogens is 1. The number of aromatic nitrogens is 2. The fourth-order valence-electron chi connectivity index (χ4n) is 4.35. The number of nitrogens with zero attached hydrogens (tertiary/aromatic N) is 4. The molecule has 10 nitrogen and oxygen atoms in total. The molecule has 210 valence electrons. The minimum absolute atomic E-state index is 0.0218. The first-order valence-electron chi connectivity index (χ1n) is 12.8. The van der Waals surface area contributed by atoms with Crippen LogP contribution in [0.2, 0.25) is 5.02 Å². The molecule has 0 unspecified atom stereocenters. The summed E-state index contributed by atoms with van der Waals surface area (Å²) >= 11 is 5.86. The summed E-state index contributed by atoms with van der Waals surface area (Å²) < 4.78 is 27.8. The van der Waals surface area contributed by atoms with Crippen LogP contribution in [0.1, 0.15) is 17.3 Å². The third-order valence-corrected chi connectivity index (χ3v) is 8.26. The highest BCUT2D eigenvalue weighted by atomic mass is 35.5. The Bertz CT molecular complexity index is 1660. The normalized spacial score (nSPS) is 13.5. The van der Waals surface area contributed by atoms with Gasteiger partial charge in [0.05, 0.1) is 10.6 Å². The third kappa shape index (κ3) is 6.82. The quantitative estimate of drug-likeness (QED) is 0.321. The fraction of sp³-hybridized carbons (Fsp3) is 0.172. The monoisotopic (exact) mass is 590 g/mol. The number of carbonyl (C=O) groups excluding carboxylic acids is 2. The van der Waals surface area contributed by atoms with E-state index in [1.165, 1.54) is 31.2 Å². The second-order valence-corrected chi connectivity index (χ2v) is 11.5. The Morgan fingerprint density at radius 2 is 1.41 bits per heavy atom. The van der Waals surface area contributed by atoms with Gasteiger partial charge in [0.1, 0.15) is 0 Å². The Kier molecular flexibility index (Phi) is 8.18. The van der Waals surface area contributed by atoms with Crippen LogP contribution in [-0.2, 0) is 14.8 Å². The molecular weight excluding hydrogens is 564 g/mol. The van der Waals surface area contributed by atoms with Crippen LogP contribution in [0.15, 0.2) is 90.0 Å². The van der Waals surface area contributed by atoms with Gasteiger partial charge in [0.25, 0.3) is 15.9 Å². The average molecular weight is 591 g/mol. The highest BCUT2D eigenvalue weighted by molar-refractivity contribution is 7.92. The molecule has 12 heteroatoms. The molecule has 0 spiro atoms. The second kappa shape index (κ2) is 11.9. The third-order valence-electron chi connectivity index (χ3n) is 6.61. The predicted molar refractivity (Wildman–Crippen MR) is 158 cm³/mol. The maximum Gasteiger partial charge on any atom is 0.261 e. The Morgan fingerprint density at radius 3 is 2.05 bits per heavy atom. The second-order valence-electron chi connectivity index (χ2n) is 9.40. The van der Waals surface area contributed by atoms with Crippen molar-refractivity contribution in [3.63, 3.8) is 0 Å². The summed E-state index contributed by atoms with van der Waals surface area (Å²) in [6.45, 7) is 3.63. The van der Waals surface area contributed by atoms with Crippen LogP contribution in [0.4, 0.5) is 17.3 Å². The van der Waals surface area contributed by atoms with Crippen molar-refractivity contribution in [1.29, 1.82) is 0 Å². The number of nitrogens with one attached hydrogen (secondary N) is 2. The molecule has 2 N–H and O–H groups in total. The molecule has 5 rings (SSSR count). The number of carbonyl (C=O) groups is 2. The standard InChI is InChI=1S/C29H27ClN6O4S/c1-20(37)35-16-18-36(19-17-35)28(38)22-4-8-24(9-5-22)32-29-31-15-14-27(33-29)21-2-10-25(11-3-21)34-41(39,40)26-12-6-23(30)7-13-26/h2-15,34H,16-19H2,1H3,(H,31,32,33). The zero-order chi connectivity index (χ0) is 29.0. The summed E-state index contributed by atoms with van der Waals surface area (Å²) in [6.07, 6.45) is 1.63. The Balaban J connectivity index is 1.21. The van der Waals surface area contributed by atoms with Crippen LogP contribution in [0, 0.1) is 0 Å². The Labute approximate surface area is 243 Å². The number of hydrogen-bond acceptors (Lipinski definition) is 7. The van der Waals surface area contributed by atoms with E-state index in [9.17, 15) is 18.0 Å². The average Bonchev–Trinajstić information content (AvgIpc) is 2.98. The van der Waals surface area contributed by atoms with E-state index in [-0.39, 0.29) is 16.7 Å². The lowest BCUT2D eigenvalue weighted by atomic mass is 10.1. The molecular formula is C29H27ClN6O4S. The van der Waals surface area contributed by atoms with Gasteiger partial charge < -0.3 is 15.1 Å². The zero-order valence-corrected chi connectivity index (χ0v) is 23.7. The van der Waals surface area contributed by atoms with Gasteiger partial charge in [-0.2, -0.15) is 0 Å². The Hall–Kier alpha value is -4.48. The van der Waals surface area contributed by atoms with E-state index in [4.69, 9.17) is 11.6 Å². The van der Waals surface area contributed by atoms with Crippen LogP contribution in [-0.4, -0.2) is 66.2 Å². The molecule has 41 heavy (non-hydrogen) atoms.